The van der Waals surface area contributed by atoms with Crippen LogP contribution in [0.5, 0.6) is 0 Å². The van der Waals surface area contributed by atoms with Gasteiger partial charge in [0.05, 0.1) is 3.79 Å². The van der Waals surface area contributed by atoms with Gasteiger partial charge in [0.15, 0.2) is 0 Å². The number of rotatable bonds is 1. The fourth-order valence-corrected chi connectivity index (χ4v) is 2.44. The lowest BCUT2D eigenvalue weighted by Gasteiger charge is -2.08. The van der Waals surface area contributed by atoms with Gasteiger partial charge in [0.2, 0.25) is 5.95 Å². The first-order chi connectivity index (χ1) is 6.16. The Balaban J connectivity index is 2.61. The second kappa shape index (κ2) is 3.23. The summed E-state index contributed by atoms with van der Waals surface area (Å²) >= 11 is 5.05. The van der Waals surface area contributed by atoms with Crippen LogP contribution in [-0.4, -0.2) is 24.1 Å². The van der Waals surface area contributed by atoms with Crippen molar-refractivity contribution in [2.24, 2.45) is 0 Å². The Labute approximate surface area is 88.5 Å². The van der Waals surface area contributed by atoms with Crippen LogP contribution in [0, 0.1) is 0 Å². The van der Waals surface area contributed by atoms with Gasteiger partial charge < -0.3 is 4.90 Å². The van der Waals surface area contributed by atoms with Crippen molar-refractivity contribution < 1.29 is 0 Å². The molecule has 2 heterocycles. The fraction of sp³-hybridized carbons (Fsp3) is 0.250. The molecule has 0 unspecified atom stereocenters. The maximum absolute atomic E-state index is 4.40. The lowest BCUT2D eigenvalue weighted by atomic mass is 10.4. The standard InChI is InChI=1S/C8H8BrN3S/c1-12(2)8-10-4-5-3-6(9)13-7(5)11-8/h3-4H,1-2H3. The number of aromatic nitrogens is 2. The summed E-state index contributed by atoms with van der Waals surface area (Å²) in [6.07, 6.45) is 1.85. The molecule has 3 nitrogen and oxygen atoms in total. The van der Waals surface area contributed by atoms with Crippen LogP contribution >= 0.6 is 27.3 Å². The number of hydrogen-bond acceptors (Lipinski definition) is 4. The van der Waals surface area contributed by atoms with E-state index < -0.39 is 0 Å². The highest BCUT2D eigenvalue weighted by Gasteiger charge is 2.04. The second-order valence-corrected chi connectivity index (χ2v) is 5.29. The molecule has 68 valence electrons. The summed E-state index contributed by atoms with van der Waals surface area (Å²) in [7, 11) is 3.87. The van der Waals surface area contributed by atoms with E-state index in [4.69, 9.17) is 0 Å². The maximum atomic E-state index is 4.40. The van der Waals surface area contributed by atoms with Gasteiger partial charge in [0.1, 0.15) is 4.83 Å². The minimum absolute atomic E-state index is 0.752. The second-order valence-electron chi connectivity index (χ2n) is 2.88. The molecule has 0 fully saturated rings. The SMILES string of the molecule is CN(C)c1ncc2cc(Br)sc2n1. The molecule has 0 radical (unpaired) electrons. The first-order valence-electron chi connectivity index (χ1n) is 3.76. The van der Waals surface area contributed by atoms with Gasteiger partial charge in [-0.2, -0.15) is 0 Å². The third-order valence-electron chi connectivity index (χ3n) is 1.63. The molecule has 2 aromatic heterocycles. The van der Waals surface area contributed by atoms with Crippen molar-refractivity contribution in [3.8, 4) is 0 Å². The highest BCUT2D eigenvalue weighted by Crippen LogP contribution is 2.28. The van der Waals surface area contributed by atoms with Crippen LogP contribution in [0.2, 0.25) is 0 Å². The van der Waals surface area contributed by atoms with E-state index in [1.807, 2.05) is 31.3 Å². The molecule has 0 saturated carbocycles. The smallest absolute Gasteiger partial charge is 0.226 e. The molecule has 5 heteroatoms. The van der Waals surface area contributed by atoms with Gasteiger partial charge in [-0.1, -0.05) is 0 Å². The van der Waals surface area contributed by atoms with Crippen molar-refractivity contribution in [1.29, 1.82) is 0 Å². The minimum Gasteiger partial charge on any atom is -0.347 e. The predicted octanol–water partition coefficient (Wildman–Crippen LogP) is 2.52. The third-order valence-corrected chi connectivity index (χ3v) is 3.18. The summed E-state index contributed by atoms with van der Waals surface area (Å²) in [4.78, 5) is 11.5. The number of halogens is 1. The van der Waals surface area contributed by atoms with Crippen LogP contribution in [0.3, 0.4) is 0 Å². The number of hydrogen-bond donors (Lipinski definition) is 0. The van der Waals surface area contributed by atoms with E-state index in [2.05, 4.69) is 25.9 Å². The molecule has 0 aliphatic heterocycles. The Morgan fingerprint density at radius 2 is 2.23 bits per heavy atom. The van der Waals surface area contributed by atoms with Crippen molar-refractivity contribution in [1.82, 2.24) is 9.97 Å². The van der Waals surface area contributed by atoms with Gasteiger partial charge in [-0.3, -0.25) is 0 Å². The van der Waals surface area contributed by atoms with E-state index in [0.29, 0.717) is 0 Å². The molecule has 0 amide bonds. The topological polar surface area (TPSA) is 29.0 Å². The zero-order chi connectivity index (χ0) is 9.42. The molecule has 2 rings (SSSR count). The molecule has 13 heavy (non-hydrogen) atoms. The molecule has 0 saturated heterocycles. The Bertz CT molecular complexity index is 438. The zero-order valence-corrected chi connectivity index (χ0v) is 9.69. The molecular formula is C8H8BrN3S. The van der Waals surface area contributed by atoms with Crippen LogP contribution in [0.4, 0.5) is 5.95 Å². The quantitative estimate of drug-likeness (QED) is 0.787. The maximum Gasteiger partial charge on any atom is 0.226 e. The van der Waals surface area contributed by atoms with E-state index in [1.54, 1.807) is 11.3 Å². The normalized spacial score (nSPS) is 10.7. The molecule has 0 bridgehead atoms. The number of fused-ring (bicyclic) bond motifs is 1. The lowest BCUT2D eigenvalue weighted by Crippen LogP contribution is -2.11. The summed E-state index contributed by atoms with van der Waals surface area (Å²) < 4.78 is 1.09. The molecular weight excluding hydrogens is 250 g/mol. The largest absolute Gasteiger partial charge is 0.347 e. The van der Waals surface area contributed by atoms with Gasteiger partial charge in [-0.25, -0.2) is 9.97 Å². The van der Waals surface area contributed by atoms with E-state index in [0.717, 1.165) is 20.0 Å². The highest BCUT2D eigenvalue weighted by atomic mass is 79.9. The number of thiophene rings is 1. The first-order valence-corrected chi connectivity index (χ1v) is 5.37. The van der Waals surface area contributed by atoms with Crippen LogP contribution in [0.15, 0.2) is 16.0 Å². The van der Waals surface area contributed by atoms with Gasteiger partial charge in [-0.05, 0) is 22.0 Å². The third kappa shape index (κ3) is 1.66. The monoisotopic (exact) mass is 257 g/mol. The molecule has 0 aliphatic carbocycles. The summed E-state index contributed by atoms with van der Waals surface area (Å²) in [6.45, 7) is 0. The van der Waals surface area contributed by atoms with Crippen LogP contribution in [0.25, 0.3) is 10.2 Å². The van der Waals surface area contributed by atoms with Crippen molar-refractivity contribution in [2.75, 3.05) is 19.0 Å². The van der Waals surface area contributed by atoms with Gasteiger partial charge >= 0.3 is 0 Å². The Morgan fingerprint density at radius 3 is 2.92 bits per heavy atom. The van der Waals surface area contributed by atoms with E-state index >= 15 is 0 Å². The molecule has 0 aromatic carbocycles. The van der Waals surface area contributed by atoms with E-state index in [1.165, 1.54) is 0 Å². The van der Waals surface area contributed by atoms with Crippen LogP contribution < -0.4 is 4.90 Å². The Hall–Kier alpha value is -0.680. The first kappa shape index (κ1) is 8.90. The molecule has 2 aromatic rings. The van der Waals surface area contributed by atoms with Crippen LogP contribution in [0.1, 0.15) is 0 Å². The number of anilines is 1. The van der Waals surface area contributed by atoms with E-state index in [-0.39, 0.29) is 0 Å². The summed E-state index contributed by atoms with van der Waals surface area (Å²) in [5.41, 5.74) is 0. The Morgan fingerprint density at radius 1 is 1.46 bits per heavy atom. The fourth-order valence-electron chi connectivity index (χ4n) is 1.01. The zero-order valence-electron chi connectivity index (χ0n) is 7.28. The lowest BCUT2D eigenvalue weighted by molar-refractivity contribution is 1.02. The van der Waals surface area contributed by atoms with Crippen LogP contribution in [-0.2, 0) is 0 Å². The minimum atomic E-state index is 0.752. The average molecular weight is 258 g/mol. The highest BCUT2D eigenvalue weighted by molar-refractivity contribution is 9.11. The number of nitrogens with zero attached hydrogens (tertiary/aromatic N) is 3. The van der Waals surface area contributed by atoms with E-state index in [9.17, 15) is 0 Å². The Kier molecular flexibility index (Phi) is 2.21. The molecule has 0 N–H and O–H groups in total. The van der Waals surface area contributed by atoms with Crippen molar-refractivity contribution >= 4 is 43.4 Å². The van der Waals surface area contributed by atoms with Crippen molar-refractivity contribution in [3.05, 3.63) is 16.0 Å². The molecule has 0 aliphatic rings. The van der Waals surface area contributed by atoms with Crippen molar-refractivity contribution in [2.45, 2.75) is 0 Å². The summed E-state index contributed by atoms with van der Waals surface area (Å²) in [6, 6.07) is 2.03. The summed E-state index contributed by atoms with van der Waals surface area (Å²) in [5.74, 6) is 0.752. The predicted molar refractivity (Wildman–Crippen MR) is 59.4 cm³/mol. The van der Waals surface area contributed by atoms with Crippen molar-refractivity contribution in [3.63, 3.8) is 0 Å². The molecule has 0 spiro atoms. The van der Waals surface area contributed by atoms with Gasteiger partial charge in [-0.15, -0.1) is 11.3 Å². The average Bonchev–Trinajstić information content (AvgIpc) is 2.42. The van der Waals surface area contributed by atoms with Gasteiger partial charge in [0.25, 0.3) is 0 Å². The van der Waals surface area contributed by atoms with Gasteiger partial charge in [0, 0.05) is 25.7 Å². The summed E-state index contributed by atoms with van der Waals surface area (Å²) in [5, 5.41) is 1.09. The molecule has 0 atom stereocenters.